The van der Waals surface area contributed by atoms with E-state index >= 15 is 0 Å². The smallest absolute Gasteiger partial charge is 0.0608 e. The lowest BCUT2D eigenvalue weighted by Crippen LogP contribution is -2.50. The molecule has 170 valence electrons. The number of ether oxygens (including phenoxy) is 1. The molecular formula is C28H52O. The minimum atomic E-state index is 0. The Morgan fingerprint density at radius 1 is 1.03 bits per heavy atom. The van der Waals surface area contributed by atoms with Crippen LogP contribution in [0.25, 0.3) is 0 Å². The summed E-state index contributed by atoms with van der Waals surface area (Å²) in [6, 6.07) is 0. The molecule has 3 fully saturated rings. The van der Waals surface area contributed by atoms with E-state index in [1.54, 1.807) is 5.57 Å². The Hall–Kier alpha value is -0.300. The Labute approximate surface area is 184 Å². The van der Waals surface area contributed by atoms with E-state index in [0.29, 0.717) is 16.9 Å². The molecular weight excluding hydrogens is 352 g/mol. The van der Waals surface area contributed by atoms with Gasteiger partial charge in [-0.1, -0.05) is 65.5 Å². The van der Waals surface area contributed by atoms with Gasteiger partial charge in [-0.15, -0.1) is 0 Å². The second-order valence-electron chi connectivity index (χ2n) is 12.4. The summed E-state index contributed by atoms with van der Waals surface area (Å²) in [6.07, 6.45) is 18.7. The Morgan fingerprint density at radius 2 is 1.83 bits per heavy atom. The first-order valence-electron chi connectivity index (χ1n) is 13.0. The van der Waals surface area contributed by atoms with Crippen LogP contribution in [0.3, 0.4) is 0 Å². The summed E-state index contributed by atoms with van der Waals surface area (Å²) >= 11 is 0. The normalized spacial score (nSPS) is 45.3. The molecule has 8 atom stereocenters. The Morgan fingerprint density at radius 3 is 2.55 bits per heavy atom. The quantitative estimate of drug-likeness (QED) is 0.403. The number of fused-ring (bicyclic) bond motifs is 5. The van der Waals surface area contributed by atoms with Gasteiger partial charge in [0, 0.05) is 9.96 Å². The first-order valence-corrected chi connectivity index (χ1v) is 13.0. The van der Waals surface area contributed by atoms with Crippen LogP contribution in [0.5, 0.6) is 0 Å². The van der Waals surface area contributed by atoms with Crippen molar-refractivity contribution in [3.05, 3.63) is 11.6 Å². The van der Waals surface area contributed by atoms with Gasteiger partial charge in [-0.25, -0.2) is 0 Å². The molecule has 1 nitrogen and oxygen atoms in total. The molecule has 0 radical (unpaired) electrons. The van der Waals surface area contributed by atoms with Crippen molar-refractivity contribution in [3.8, 4) is 0 Å². The van der Waals surface area contributed by atoms with Crippen molar-refractivity contribution in [2.45, 2.75) is 111 Å². The maximum absolute atomic E-state index is 5.75. The molecule has 29 heavy (non-hydrogen) atoms. The standard InChI is InChI=1S/C28H48O.2H2/c1-19(2)8-7-9-20(3)24-12-13-25-23-11-10-21-18-22(29-6)14-16-27(21,4)26(23)15-17-28(24,25)5;;/h10,19-20,22-26H,7-9,11-18H2,1-6H3;2*1H/t20-,22?,23+,24-,25?,26?,27+,28-;;/m1../s1. The molecule has 0 aromatic heterocycles. The highest BCUT2D eigenvalue weighted by Crippen LogP contribution is 2.67. The summed E-state index contributed by atoms with van der Waals surface area (Å²) in [5.41, 5.74) is 2.85. The number of methoxy groups -OCH3 is 1. The predicted molar refractivity (Wildman–Crippen MR) is 128 cm³/mol. The fourth-order valence-corrected chi connectivity index (χ4v) is 8.85. The maximum Gasteiger partial charge on any atom is 0.0608 e. The molecule has 0 bridgehead atoms. The SMILES string of the molecule is COC1CC[C@@]2(C)C(=CC[C@@H]3C2CC[C@@]2(C)C3CC[C@@H]2[C@H](C)CCCC(C)C)C1.[HH].[HH]. The van der Waals surface area contributed by atoms with Gasteiger partial charge in [0.05, 0.1) is 6.10 Å². The second kappa shape index (κ2) is 8.33. The third-order valence-electron chi connectivity index (χ3n) is 10.6. The summed E-state index contributed by atoms with van der Waals surface area (Å²) in [5.74, 6) is 5.63. The minimum absolute atomic E-state index is 0. The first-order chi connectivity index (χ1) is 13.8. The summed E-state index contributed by atoms with van der Waals surface area (Å²) < 4.78 is 5.75. The van der Waals surface area contributed by atoms with Crippen LogP contribution >= 0.6 is 0 Å². The number of rotatable bonds is 6. The van der Waals surface area contributed by atoms with E-state index in [0.717, 1.165) is 35.5 Å². The highest BCUT2D eigenvalue weighted by atomic mass is 16.5. The van der Waals surface area contributed by atoms with Crippen LogP contribution in [0.15, 0.2) is 11.6 Å². The van der Waals surface area contributed by atoms with E-state index in [-0.39, 0.29) is 2.85 Å². The van der Waals surface area contributed by atoms with Crippen LogP contribution in [0, 0.1) is 46.3 Å². The number of hydrogen-bond donors (Lipinski definition) is 0. The molecule has 0 N–H and O–H groups in total. The van der Waals surface area contributed by atoms with E-state index in [4.69, 9.17) is 4.74 Å². The molecule has 0 aromatic carbocycles. The molecule has 0 aliphatic heterocycles. The molecule has 3 unspecified atom stereocenters. The Bertz CT molecular complexity index is 616. The highest BCUT2D eigenvalue weighted by Gasteiger charge is 2.59. The molecule has 4 aliphatic carbocycles. The molecule has 3 saturated carbocycles. The van der Waals surface area contributed by atoms with Crippen LogP contribution in [-0.4, -0.2) is 13.2 Å². The Balaban J connectivity index is 0.00000171. The molecule has 4 aliphatic rings. The van der Waals surface area contributed by atoms with E-state index in [1.807, 2.05) is 7.11 Å². The van der Waals surface area contributed by atoms with Crippen molar-refractivity contribution >= 4 is 0 Å². The monoisotopic (exact) mass is 404 g/mol. The van der Waals surface area contributed by atoms with Crippen LogP contribution < -0.4 is 0 Å². The van der Waals surface area contributed by atoms with Crippen LogP contribution in [-0.2, 0) is 4.74 Å². The summed E-state index contributed by atoms with van der Waals surface area (Å²) in [6.45, 7) is 12.7. The summed E-state index contributed by atoms with van der Waals surface area (Å²) in [4.78, 5) is 0. The lowest BCUT2D eigenvalue weighted by Gasteiger charge is -2.58. The summed E-state index contributed by atoms with van der Waals surface area (Å²) in [5, 5.41) is 0. The zero-order valence-corrected chi connectivity index (χ0v) is 20.3. The maximum atomic E-state index is 5.75. The van der Waals surface area contributed by atoms with Crippen molar-refractivity contribution in [1.29, 1.82) is 0 Å². The average molecular weight is 405 g/mol. The van der Waals surface area contributed by atoms with Crippen molar-refractivity contribution < 1.29 is 7.59 Å². The zero-order chi connectivity index (χ0) is 20.8. The lowest BCUT2D eigenvalue weighted by atomic mass is 9.47. The van der Waals surface area contributed by atoms with Gasteiger partial charge in [0.25, 0.3) is 0 Å². The lowest BCUT2D eigenvalue weighted by molar-refractivity contribution is -0.0601. The third-order valence-corrected chi connectivity index (χ3v) is 10.6. The van der Waals surface area contributed by atoms with Crippen LogP contribution in [0.2, 0.25) is 0 Å². The van der Waals surface area contributed by atoms with Gasteiger partial charge in [-0.3, -0.25) is 0 Å². The van der Waals surface area contributed by atoms with Crippen LogP contribution in [0.1, 0.15) is 108 Å². The van der Waals surface area contributed by atoms with E-state index in [1.165, 1.54) is 70.6 Å². The van der Waals surface area contributed by atoms with E-state index in [9.17, 15) is 0 Å². The number of hydrogen-bond acceptors (Lipinski definition) is 1. The van der Waals surface area contributed by atoms with Gasteiger partial charge in [0.1, 0.15) is 0 Å². The Kier molecular flexibility index (Phi) is 6.29. The average Bonchev–Trinajstić information content (AvgIpc) is 3.04. The third kappa shape index (κ3) is 3.77. The highest BCUT2D eigenvalue weighted by molar-refractivity contribution is 5.25. The number of allylic oxidation sites excluding steroid dienone is 1. The fourth-order valence-electron chi connectivity index (χ4n) is 8.85. The minimum Gasteiger partial charge on any atom is -0.381 e. The topological polar surface area (TPSA) is 9.23 Å². The molecule has 1 heteroatoms. The van der Waals surface area contributed by atoms with Crippen LogP contribution in [0.4, 0.5) is 0 Å². The summed E-state index contributed by atoms with van der Waals surface area (Å²) in [7, 11) is 1.91. The van der Waals surface area contributed by atoms with Gasteiger partial charge in [0.15, 0.2) is 0 Å². The second-order valence-corrected chi connectivity index (χ2v) is 12.4. The molecule has 0 heterocycles. The fraction of sp³-hybridized carbons (Fsp3) is 0.929. The molecule has 0 aromatic rings. The van der Waals surface area contributed by atoms with Gasteiger partial charge >= 0.3 is 0 Å². The van der Waals surface area contributed by atoms with Crippen molar-refractivity contribution in [2.24, 2.45) is 46.3 Å². The van der Waals surface area contributed by atoms with Crippen molar-refractivity contribution in [1.82, 2.24) is 0 Å². The van der Waals surface area contributed by atoms with Gasteiger partial charge in [-0.05, 0) is 97.7 Å². The molecule has 4 rings (SSSR count). The van der Waals surface area contributed by atoms with Gasteiger partial charge < -0.3 is 4.74 Å². The van der Waals surface area contributed by atoms with Crippen molar-refractivity contribution in [2.75, 3.05) is 7.11 Å². The van der Waals surface area contributed by atoms with Crippen molar-refractivity contribution in [3.63, 3.8) is 0 Å². The zero-order valence-electron chi connectivity index (χ0n) is 20.3. The predicted octanol–water partition coefficient (Wildman–Crippen LogP) is 8.53. The molecule has 0 spiro atoms. The molecule has 0 amide bonds. The largest absolute Gasteiger partial charge is 0.381 e. The van der Waals surface area contributed by atoms with Gasteiger partial charge in [-0.2, -0.15) is 0 Å². The van der Waals surface area contributed by atoms with E-state index < -0.39 is 0 Å². The molecule has 0 saturated heterocycles. The van der Waals surface area contributed by atoms with Gasteiger partial charge in [0.2, 0.25) is 0 Å². The first kappa shape index (κ1) is 21.9. The van der Waals surface area contributed by atoms with E-state index in [2.05, 4.69) is 40.7 Å².